The molecule has 41 heavy (non-hydrogen) atoms. The van der Waals surface area contributed by atoms with E-state index in [4.69, 9.17) is 0 Å². The van der Waals surface area contributed by atoms with Crippen molar-refractivity contribution >= 4 is 11.8 Å². The monoisotopic (exact) mass is 557 g/mol. The predicted molar refractivity (Wildman–Crippen MR) is 161 cm³/mol. The number of piperazine rings is 1. The third kappa shape index (κ3) is 5.83. The first-order valence-corrected chi connectivity index (χ1v) is 16.2. The minimum absolute atomic E-state index is 0.0607. The van der Waals surface area contributed by atoms with Crippen LogP contribution in [0.1, 0.15) is 99.7 Å². The van der Waals surface area contributed by atoms with Crippen molar-refractivity contribution in [1.82, 2.24) is 15.1 Å². The molecule has 2 heterocycles. The van der Waals surface area contributed by atoms with E-state index in [1.54, 1.807) is 0 Å². The molecular weight excluding hydrogens is 510 g/mol. The average Bonchev–Trinajstić information content (AvgIpc) is 3.82. The van der Waals surface area contributed by atoms with Crippen LogP contribution in [0.15, 0.2) is 54.6 Å². The van der Waals surface area contributed by atoms with Gasteiger partial charge in [-0.15, -0.1) is 0 Å². The van der Waals surface area contributed by atoms with E-state index in [-0.39, 0.29) is 17.7 Å². The Morgan fingerprint density at radius 2 is 1.59 bits per heavy atom. The molecule has 6 nitrogen and oxygen atoms in total. The second kappa shape index (κ2) is 12.3. The molecule has 2 amide bonds. The highest BCUT2D eigenvalue weighted by molar-refractivity contribution is 6.00. The summed E-state index contributed by atoms with van der Waals surface area (Å²) in [4.78, 5) is 31.9. The first-order chi connectivity index (χ1) is 20.0. The number of carbonyl (C=O) groups is 2. The van der Waals surface area contributed by atoms with E-state index in [9.17, 15) is 14.7 Å². The van der Waals surface area contributed by atoms with Crippen molar-refractivity contribution in [2.75, 3.05) is 19.6 Å². The van der Waals surface area contributed by atoms with Crippen LogP contribution in [-0.2, 0) is 16.1 Å². The quantitative estimate of drug-likeness (QED) is 0.435. The number of aliphatic hydroxyl groups is 1. The first-order valence-electron chi connectivity index (χ1n) is 16.2. The standard InChI is InChI=1S/C35H47N3O3/c1-2-3-20-38-33(40)31(32(39)28-12-8-5-9-13-28)36-34(41)35(38)18-21-37(22-19-35)24-25-14-16-27(17-15-25)30-23-29(30)26-10-6-4-7-11-26/h4,6-7,10-11,14-17,28-32,39H,2-3,5,8-9,12-13,18-24H2,1H3,(H,36,41)/t29-,30-,31+,32+/m0/s1. The lowest BCUT2D eigenvalue weighted by molar-refractivity contribution is -0.166. The zero-order valence-corrected chi connectivity index (χ0v) is 24.6. The van der Waals surface area contributed by atoms with E-state index in [2.05, 4.69) is 71.7 Å². The van der Waals surface area contributed by atoms with Crippen molar-refractivity contribution in [3.63, 3.8) is 0 Å². The summed E-state index contributed by atoms with van der Waals surface area (Å²) in [6.45, 7) is 5.12. The Hall–Kier alpha value is -2.70. The van der Waals surface area contributed by atoms with Gasteiger partial charge in [0.15, 0.2) is 0 Å². The Morgan fingerprint density at radius 3 is 2.24 bits per heavy atom. The van der Waals surface area contributed by atoms with Gasteiger partial charge in [0, 0.05) is 26.2 Å². The minimum Gasteiger partial charge on any atom is -0.390 e. The number of hydrogen-bond donors (Lipinski definition) is 2. The van der Waals surface area contributed by atoms with E-state index < -0.39 is 17.7 Å². The van der Waals surface area contributed by atoms with Gasteiger partial charge in [-0.25, -0.2) is 0 Å². The van der Waals surface area contributed by atoms with Gasteiger partial charge < -0.3 is 15.3 Å². The number of nitrogens with zero attached hydrogens (tertiary/aromatic N) is 2. The van der Waals surface area contributed by atoms with Gasteiger partial charge in [-0.1, -0.05) is 87.2 Å². The van der Waals surface area contributed by atoms with Gasteiger partial charge in [0.25, 0.3) is 0 Å². The molecule has 2 aliphatic heterocycles. The van der Waals surface area contributed by atoms with Gasteiger partial charge in [0.05, 0.1) is 6.10 Å². The number of nitrogens with one attached hydrogen (secondary N) is 1. The fourth-order valence-corrected chi connectivity index (χ4v) is 7.80. The van der Waals surface area contributed by atoms with Gasteiger partial charge in [-0.05, 0) is 73.0 Å². The van der Waals surface area contributed by atoms with Crippen LogP contribution >= 0.6 is 0 Å². The molecule has 6 heteroatoms. The molecule has 0 radical (unpaired) electrons. The predicted octanol–water partition coefficient (Wildman–Crippen LogP) is 5.36. The lowest BCUT2D eigenvalue weighted by atomic mass is 9.78. The van der Waals surface area contributed by atoms with Crippen molar-refractivity contribution in [2.45, 2.75) is 107 Å². The Kier molecular flexibility index (Phi) is 8.50. The summed E-state index contributed by atoms with van der Waals surface area (Å²) in [6.07, 6.45) is 8.79. The van der Waals surface area contributed by atoms with Crippen LogP contribution in [0.5, 0.6) is 0 Å². The average molecular weight is 558 g/mol. The summed E-state index contributed by atoms with van der Waals surface area (Å²) in [5.41, 5.74) is 3.36. The number of unbranched alkanes of at least 4 members (excludes halogenated alkanes) is 1. The fourth-order valence-electron chi connectivity index (χ4n) is 7.80. The molecule has 2 aromatic rings. The number of carbonyl (C=O) groups excluding carboxylic acids is 2. The number of aliphatic hydroxyl groups excluding tert-OH is 1. The molecule has 0 aromatic heterocycles. The molecule has 2 saturated heterocycles. The molecule has 4 fully saturated rings. The number of benzene rings is 2. The van der Waals surface area contributed by atoms with Gasteiger partial charge in [-0.2, -0.15) is 0 Å². The third-order valence-electron chi connectivity index (χ3n) is 10.5. The van der Waals surface area contributed by atoms with Crippen LogP contribution < -0.4 is 5.32 Å². The molecule has 6 rings (SSSR count). The zero-order valence-electron chi connectivity index (χ0n) is 24.6. The zero-order chi connectivity index (χ0) is 28.4. The molecule has 4 atom stereocenters. The Bertz CT molecular complexity index is 1180. The molecule has 4 aliphatic rings. The number of rotatable bonds is 9. The van der Waals surface area contributed by atoms with E-state index in [1.165, 1.54) is 29.5 Å². The molecular formula is C35H47N3O3. The fraction of sp³-hybridized carbons (Fsp3) is 0.600. The van der Waals surface area contributed by atoms with Crippen LogP contribution in [0.2, 0.25) is 0 Å². The molecule has 0 unspecified atom stereocenters. The SMILES string of the molecule is CCCCN1C(=O)[C@@H]([C@H](O)C2CCCCC2)NC(=O)C12CCN(Cc1ccc([C@@H]3C[C@H]3c3ccccc3)cc1)CC2. The van der Waals surface area contributed by atoms with Crippen LogP contribution in [0.3, 0.4) is 0 Å². The van der Waals surface area contributed by atoms with Gasteiger partial charge in [-0.3, -0.25) is 14.5 Å². The Morgan fingerprint density at radius 1 is 0.927 bits per heavy atom. The molecule has 2 aliphatic carbocycles. The summed E-state index contributed by atoms with van der Waals surface area (Å²) in [5, 5.41) is 14.2. The summed E-state index contributed by atoms with van der Waals surface area (Å²) >= 11 is 0. The summed E-state index contributed by atoms with van der Waals surface area (Å²) in [6, 6.07) is 19.1. The molecule has 1 spiro atoms. The highest BCUT2D eigenvalue weighted by atomic mass is 16.3. The van der Waals surface area contributed by atoms with Crippen LogP contribution in [0, 0.1) is 5.92 Å². The number of piperidine rings is 1. The normalized spacial score (nSPS) is 27.6. The largest absolute Gasteiger partial charge is 0.390 e. The van der Waals surface area contributed by atoms with Crippen LogP contribution in [0.4, 0.5) is 0 Å². The number of likely N-dealkylation sites (tertiary alicyclic amines) is 1. The maximum absolute atomic E-state index is 13.9. The minimum atomic E-state index is -0.808. The van der Waals surface area contributed by atoms with E-state index in [0.717, 1.165) is 58.2 Å². The van der Waals surface area contributed by atoms with Gasteiger partial charge in [0.2, 0.25) is 11.8 Å². The van der Waals surface area contributed by atoms with Crippen molar-refractivity contribution in [2.24, 2.45) is 5.92 Å². The highest BCUT2D eigenvalue weighted by Gasteiger charge is 2.55. The van der Waals surface area contributed by atoms with E-state index in [1.807, 2.05) is 4.90 Å². The lowest BCUT2D eigenvalue weighted by Gasteiger charge is -2.52. The van der Waals surface area contributed by atoms with Gasteiger partial charge >= 0.3 is 0 Å². The topological polar surface area (TPSA) is 72.9 Å². The second-order valence-corrected chi connectivity index (χ2v) is 13.1. The van der Waals surface area contributed by atoms with Crippen molar-refractivity contribution in [3.05, 3.63) is 71.3 Å². The van der Waals surface area contributed by atoms with Crippen molar-refractivity contribution in [1.29, 1.82) is 0 Å². The van der Waals surface area contributed by atoms with Crippen molar-refractivity contribution in [3.8, 4) is 0 Å². The smallest absolute Gasteiger partial charge is 0.248 e. The summed E-state index contributed by atoms with van der Waals surface area (Å²) in [7, 11) is 0. The first kappa shape index (κ1) is 28.4. The molecule has 2 N–H and O–H groups in total. The molecule has 2 aromatic carbocycles. The summed E-state index contributed by atoms with van der Waals surface area (Å²) in [5.74, 6) is 1.22. The number of amides is 2. The molecule has 220 valence electrons. The van der Waals surface area contributed by atoms with Crippen LogP contribution in [0.25, 0.3) is 0 Å². The Labute approximate surface area is 245 Å². The Balaban J connectivity index is 1.08. The number of hydrogen-bond acceptors (Lipinski definition) is 4. The third-order valence-corrected chi connectivity index (χ3v) is 10.5. The van der Waals surface area contributed by atoms with Crippen LogP contribution in [-0.4, -0.2) is 64.0 Å². The maximum atomic E-state index is 13.9. The summed E-state index contributed by atoms with van der Waals surface area (Å²) < 4.78 is 0. The maximum Gasteiger partial charge on any atom is 0.248 e. The van der Waals surface area contributed by atoms with Gasteiger partial charge in [0.1, 0.15) is 11.6 Å². The lowest BCUT2D eigenvalue weighted by Crippen LogP contribution is -2.75. The highest BCUT2D eigenvalue weighted by Crippen LogP contribution is 2.54. The van der Waals surface area contributed by atoms with E-state index >= 15 is 0 Å². The van der Waals surface area contributed by atoms with E-state index in [0.29, 0.717) is 31.2 Å². The molecule has 2 saturated carbocycles. The van der Waals surface area contributed by atoms with Crippen molar-refractivity contribution < 1.29 is 14.7 Å². The molecule has 0 bridgehead atoms. The second-order valence-electron chi connectivity index (χ2n) is 13.1.